The molecule has 1 amide bonds. The fourth-order valence-electron chi connectivity index (χ4n) is 3.95. The minimum Gasteiger partial charge on any atom is -0.376 e. The molecule has 2 aromatic carbocycles. The third-order valence-corrected chi connectivity index (χ3v) is 6.13. The molecule has 1 saturated heterocycles. The number of hydrogen-bond donors (Lipinski definition) is 1. The Morgan fingerprint density at radius 1 is 1.17 bits per heavy atom. The molecule has 6 nitrogen and oxygen atoms in total. The van der Waals surface area contributed by atoms with Crippen molar-refractivity contribution in [3.05, 3.63) is 86.9 Å². The highest BCUT2D eigenvalue weighted by Gasteiger charge is 2.35. The molecule has 2 heterocycles. The van der Waals surface area contributed by atoms with Crippen molar-refractivity contribution in [2.75, 3.05) is 13.2 Å². The zero-order valence-corrected chi connectivity index (χ0v) is 20.3. The number of carbonyl (C=O) groups is 1. The lowest BCUT2D eigenvalue weighted by Gasteiger charge is -2.38. The van der Waals surface area contributed by atoms with E-state index < -0.39 is 23.7 Å². The zero-order valence-electron chi connectivity index (χ0n) is 19.6. The van der Waals surface area contributed by atoms with E-state index in [0.29, 0.717) is 40.6 Å². The van der Waals surface area contributed by atoms with Crippen molar-refractivity contribution in [2.45, 2.75) is 44.4 Å². The quantitative estimate of drug-likeness (QED) is 0.454. The molecule has 10 heteroatoms. The molecular formula is C26H25ClF3N3O3. The Morgan fingerprint density at radius 2 is 1.89 bits per heavy atom. The van der Waals surface area contributed by atoms with Crippen LogP contribution in [0, 0.1) is 0 Å². The summed E-state index contributed by atoms with van der Waals surface area (Å²) in [6.07, 6.45) is -5.52. The van der Waals surface area contributed by atoms with E-state index in [-0.39, 0.29) is 31.1 Å². The van der Waals surface area contributed by atoms with Gasteiger partial charge >= 0.3 is 6.18 Å². The topological polar surface area (TPSA) is 73.2 Å². The van der Waals surface area contributed by atoms with Gasteiger partial charge in [0.1, 0.15) is 5.82 Å². The molecule has 0 radical (unpaired) electrons. The van der Waals surface area contributed by atoms with E-state index in [2.05, 4.69) is 10.3 Å². The second kappa shape index (κ2) is 10.4. The van der Waals surface area contributed by atoms with Gasteiger partial charge in [-0.15, -0.1) is 0 Å². The summed E-state index contributed by atoms with van der Waals surface area (Å²) >= 11 is 5.94. The van der Waals surface area contributed by atoms with Crippen LogP contribution in [0.25, 0.3) is 11.3 Å². The molecule has 4 rings (SSSR count). The lowest BCUT2D eigenvalue weighted by atomic mass is 9.99. The minimum absolute atomic E-state index is 0.0330. The van der Waals surface area contributed by atoms with Crippen LogP contribution >= 0.6 is 11.6 Å². The second-order valence-electron chi connectivity index (χ2n) is 9.17. The van der Waals surface area contributed by atoms with Crippen LogP contribution in [0.4, 0.5) is 13.2 Å². The van der Waals surface area contributed by atoms with Gasteiger partial charge < -0.3 is 10.1 Å². The molecule has 0 aliphatic carbocycles. The molecule has 0 bridgehead atoms. The molecule has 1 aliphatic rings. The van der Waals surface area contributed by atoms with Gasteiger partial charge in [-0.2, -0.15) is 13.2 Å². The van der Waals surface area contributed by atoms with Crippen LogP contribution in [-0.2, 0) is 17.7 Å². The number of nitrogens with zero attached hydrogens (tertiary/aromatic N) is 2. The van der Waals surface area contributed by atoms with Crippen LogP contribution in [0.3, 0.4) is 0 Å². The van der Waals surface area contributed by atoms with Crippen LogP contribution in [0.1, 0.15) is 41.5 Å². The van der Waals surface area contributed by atoms with E-state index >= 15 is 0 Å². The molecule has 0 spiro atoms. The SMILES string of the molecule is CC1(NC(=O)c2cccc(Cn3c(CCCC(F)(F)F)nc(-c4ccc(Cl)cc4)cc3=O)c2)COC1. The fourth-order valence-corrected chi connectivity index (χ4v) is 4.08. The first-order valence-corrected chi connectivity index (χ1v) is 11.8. The average molecular weight is 520 g/mol. The van der Waals surface area contributed by atoms with Gasteiger partial charge in [0.15, 0.2) is 0 Å². The summed E-state index contributed by atoms with van der Waals surface area (Å²) in [7, 11) is 0. The number of hydrogen-bond acceptors (Lipinski definition) is 4. The van der Waals surface area contributed by atoms with Gasteiger partial charge in [0.05, 0.1) is 31.0 Å². The molecular weight excluding hydrogens is 495 g/mol. The van der Waals surface area contributed by atoms with E-state index in [1.807, 2.05) is 6.92 Å². The normalized spacial score (nSPS) is 14.8. The Balaban J connectivity index is 1.62. The number of halogens is 4. The van der Waals surface area contributed by atoms with Crippen molar-refractivity contribution in [3.63, 3.8) is 0 Å². The molecule has 1 fully saturated rings. The first-order valence-electron chi connectivity index (χ1n) is 11.4. The summed E-state index contributed by atoms with van der Waals surface area (Å²) in [5.41, 5.74) is 1.24. The van der Waals surface area contributed by atoms with Crippen LogP contribution in [0.2, 0.25) is 5.02 Å². The summed E-state index contributed by atoms with van der Waals surface area (Å²) in [5, 5.41) is 3.45. The van der Waals surface area contributed by atoms with E-state index in [0.717, 1.165) is 0 Å². The van der Waals surface area contributed by atoms with Crippen LogP contribution in [0.15, 0.2) is 59.4 Å². The molecule has 0 saturated carbocycles. The maximum Gasteiger partial charge on any atom is 0.389 e. The van der Waals surface area contributed by atoms with Crippen LogP contribution < -0.4 is 10.9 Å². The van der Waals surface area contributed by atoms with Gasteiger partial charge in [0.2, 0.25) is 0 Å². The Hall–Kier alpha value is -3.17. The number of carbonyl (C=O) groups excluding carboxylic acids is 1. The number of nitrogens with one attached hydrogen (secondary N) is 1. The Bertz CT molecular complexity index is 1300. The van der Waals surface area contributed by atoms with Crippen molar-refractivity contribution in [2.24, 2.45) is 0 Å². The first-order chi connectivity index (χ1) is 17.0. The van der Waals surface area contributed by atoms with Crippen LogP contribution in [-0.4, -0.2) is 40.4 Å². The third-order valence-electron chi connectivity index (χ3n) is 5.87. The largest absolute Gasteiger partial charge is 0.389 e. The zero-order chi connectivity index (χ0) is 25.9. The molecule has 190 valence electrons. The Kier molecular flexibility index (Phi) is 7.51. The smallest absolute Gasteiger partial charge is 0.376 e. The first kappa shape index (κ1) is 25.9. The van der Waals surface area contributed by atoms with Gasteiger partial charge in [0, 0.05) is 35.1 Å². The van der Waals surface area contributed by atoms with Crippen LogP contribution in [0.5, 0.6) is 0 Å². The summed E-state index contributed by atoms with van der Waals surface area (Å²) < 4.78 is 44.9. The number of ether oxygens (including phenoxy) is 1. The maximum absolute atomic E-state index is 13.1. The number of aromatic nitrogens is 2. The molecule has 1 aliphatic heterocycles. The highest BCUT2D eigenvalue weighted by molar-refractivity contribution is 6.30. The highest BCUT2D eigenvalue weighted by atomic mass is 35.5. The lowest BCUT2D eigenvalue weighted by Crippen LogP contribution is -2.59. The Morgan fingerprint density at radius 3 is 2.53 bits per heavy atom. The van der Waals surface area contributed by atoms with Gasteiger partial charge in [-0.25, -0.2) is 4.98 Å². The van der Waals surface area contributed by atoms with Crippen molar-refractivity contribution in [3.8, 4) is 11.3 Å². The summed E-state index contributed by atoms with van der Waals surface area (Å²) in [6.45, 7) is 2.82. The minimum atomic E-state index is -4.30. The third kappa shape index (κ3) is 6.53. The fraction of sp³-hybridized carbons (Fsp3) is 0.346. The summed E-state index contributed by atoms with van der Waals surface area (Å²) in [4.78, 5) is 30.3. The molecule has 0 atom stereocenters. The van der Waals surface area contributed by atoms with Gasteiger partial charge in [-0.3, -0.25) is 14.2 Å². The number of benzene rings is 2. The number of aryl methyl sites for hydroxylation is 1. The molecule has 3 aromatic rings. The Labute approximate surface area is 211 Å². The molecule has 0 unspecified atom stereocenters. The lowest BCUT2D eigenvalue weighted by molar-refractivity contribution is -0.135. The highest BCUT2D eigenvalue weighted by Crippen LogP contribution is 2.24. The number of alkyl halides is 3. The monoisotopic (exact) mass is 519 g/mol. The predicted octanol–water partition coefficient (Wildman–Crippen LogP) is 5.02. The maximum atomic E-state index is 13.1. The van der Waals surface area contributed by atoms with E-state index in [4.69, 9.17) is 16.3 Å². The van der Waals surface area contributed by atoms with E-state index in [1.54, 1.807) is 48.5 Å². The number of rotatable bonds is 8. The van der Waals surface area contributed by atoms with Crippen molar-refractivity contribution < 1.29 is 22.7 Å². The average Bonchev–Trinajstić information content (AvgIpc) is 2.80. The van der Waals surface area contributed by atoms with Crippen molar-refractivity contribution >= 4 is 17.5 Å². The predicted molar refractivity (Wildman–Crippen MR) is 130 cm³/mol. The molecule has 1 N–H and O–H groups in total. The van der Waals surface area contributed by atoms with E-state index in [9.17, 15) is 22.8 Å². The van der Waals surface area contributed by atoms with Gasteiger partial charge in [-0.05, 0) is 43.2 Å². The summed E-state index contributed by atoms with van der Waals surface area (Å²) in [5.74, 6) is -0.0257. The summed E-state index contributed by atoms with van der Waals surface area (Å²) in [6, 6.07) is 14.8. The standard InChI is InChI=1S/C26H25ClF3N3O3/c1-25(15-36-16-25)32-24(35)19-5-2-4-17(12-19)14-33-22(6-3-11-26(28,29)30)31-21(13-23(33)34)18-7-9-20(27)10-8-18/h2,4-5,7-10,12-13H,3,6,11,14-16H2,1H3,(H,32,35). The molecule has 36 heavy (non-hydrogen) atoms. The van der Waals surface area contributed by atoms with Gasteiger partial charge in [-0.1, -0.05) is 35.9 Å². The van der Waals surface area contributed by atoms with E-state index in [1.165, 1.54) is 10.6 Å². The van der Waals surface area contributed by atoms with Gasteiger partial charge in [0.25, 0.3) is 11.5 Å². The van der Waals surface area contributed by atoms with Crippen molar-refractivity contribution in [1.29, 1.82) is 0 Å². The number of amides is 1. The second-order valence-corrected chi connectivity index (χ2v) is 9.60. The van der Waals surface area contributed by atoms with Crippen molar-refractivity contribution in [1.82, 2.24) is 14.9 Å². The molecule has 1 aromatic heterocycles.